The Morgan fingerprint density at radius 2 is 1.57 bits per heavy atom. The molecule has 0 spiro atoms. The van der Waals surface area contributed by atoms with Crippen LogP contribution in [0.4, 0.5) is 13.2 Å². The van der Waals surface area contributed by atoms with Crippen LogP contribution in [0.3, 0.4) is 0 Å². The van der Waals surface area contributed by atoms with Crippen LogP contribution in [-0.4, -0.2) is 24.5 Å². The van der Waals surface area contributed by atoms with Crippen molar-refractivity contribution in [2.45, 2.75) is 31.5 Å². The Bertz CT molecular complexity index is 618. The molecule has 0 bridgehead atoms. The van der Waals surface area contributed by atoms with Gasteiger partial charge in [-0.2, -0.15) is 13.2 Å². The third-order valence-electron chi connectivity index (χ3n) is 3.84. The van der Waals surface area contributed by atoms with Crippen molar-refractivity contribution in [3.05, 3.63) is 65.2 Å². The van der Waals surface area contributed by atoms with E-state index in [4.69, 9.17) is 4.74 Å². The number of hydrogen-bond acceptors (Lipinski definition) is 2. The molecular formula is C18H19F3O2. The molecule has 124 valence electrons. The van der Waals surface area contributed by atoms with Gasteiger partial charge in [-0.25, -0.2) is 0 Å². The number of aryl methyl sites for hydroxylation is 1. The Kier molecular flexibility index (Phi) is 5.31. The number of aliphatic hydroxyl groups is 1. The number of methoxy groups -OCH3 is 1. The molecule has 0 aliphatic rings. The zero-order chi connectivity index (χ0) is 17.0. The highest BCUT2D eigenvalue weighted by Crippen LogP contribution is 2.34. The van der Waals surface area contributed by atoms with Crippen molar-refractivity contribution < 1.29 is 23.0 Å². The second kappa shape index (κ2) is 7.04. The monoisotopic (exact) mass is 324 g/mol. The van der Waals surface area contributed by atoms with E-state index in [0.29, 0.717) is 11.3 Å². The van der Waals surface area contributed by atoms with Crippen molar-refractivity contribution in [3.63, 3.8) is 0 Å². The fraction of sp³-hybridized carbons (Fsp3) is 0.333. The first kappa shape index (κ1) is 17.3. The van der Waals surface area contributed by atoms with Crippen molar-refractivity contribution in [2.75, 3.05) is 7.11 Å². The van der Waals surface area contributed by atoms with Gasteiger partial charge in [0.2, 0.25) is 0 Å². The van der Waals surface area contributed by atoms with E-state index in [-0.39, 0.29) is 6.42 Å². The number of ether oxygens (including phenoxy) is 1. The lowest BCUT2D eigenvalue weighted by Crippen LogP contribution is -2.35. The molecule has 0 aromatic heterocycles. The molecule has 0 fully saturated rings. The smallest absolute Gasteiger partial charge is 0.414 e. The highest BCUT2D eigenvalue weighted by Gasteiger charge is 2.43. The number of benzene rings is 2. The maximum Gasteiger partial charge on any atom is 0.414 e. The molecule has 2 atom stereocenters. The molecule has 0 amide bonds. The molecule has 2 aromatic rings. The van der Waals surface area contributed by atoms with Crippen LogP contribution in [-0.2, 0) is 6.42 Å². The number of alkyl halides is 3. The summed E-state index contributed by atoms with van der Waals surface area (Å²) in [7, 11) is 1.49. The van der Waals surface area contributed by atoms with E-state index in [9.17, 15) is 18.3 Å². The highest BCUT2D eigenvalue weighted by molar-refractivity contribution is 5.32. The normalized spacial score (nSPS) is 14.3. The lowest BCUT2D eigenvalue weighted by Gasteiger charge is -2.25. The third kappa shape index (κ3) is 4.48. The van der Waals surface area contributed by atoms with Crippen LogP contribution in [0.2, 0.25) is 0 Å². The lowest BCUT2D eigenvalue weighted by atomic mass is 9.87. The summed E-state index contributed by atoms with van der Waals surface area (Å²) in [6, 6.07) is 13.6. The molecule has 0 heterocycles. The third-order valence-corrected chi connectivity index (χ3v) is 3.84. The van der Waals surface area contributed by atoms with Crippen molar-refractivity contribution in [2.24, 2.45) is 0 Å². The first-order valence-electron chi connectivity index (χ1n) is 7.25. The number of halogens is 3. The second-order valence-corrected chi connectivity index (χ2v) is 5.56. The predicted octanol–water partition coefficient (Wildman–Crippen LogP) is 4.25. The van der Waals surface area contributed by atoms with Crippen LogP contribution in [0.15, 0.2) is 48.5 Å². The van der Waals surface area contributed by atoms with E-state index in [1.165, 1.54) is 7.11 Å². The molecule has 2 nitrogen and oxygen atoms in total. The van der Waals surface area contributed by atoms with Crippen LogP contribution in [0.1, 0.15) is 22.6 Å². The summed E-state index contributed by atoms with van der Waals surface area (Å²) >= 11 is 0. The molecule has 0 saturated carbocycles. The minimum absolute atomic E-state index is 0.104. The van der Waals surface area contributed by atoms with Crippen molar-refractivity contribution >= 4 is 0 Å². The number of hydrogen-bond donors (Lipinski definition) is 1. The van der Waals surface area contributed by atoms with Gasteiger partial charge in [0.15, 0.2) is 6.10 Å². The van der Waals surface area contributed by atoms with E-state index >= 15 is 0 Å². The standard InChI is InChI=1S/C18H19F3O2/c1-12-3-5-13(6-4-12)11-16(17(22)18(19,20)21)14-7-9-15(23-2)10-8-14/h3-10,16-17,22H,11H2,1-2H3. The fourth-order valence-corrected chi connectivity index (χ4v) is 2.47. The lowest BCUT2D eigenvalue weighted by molar-refractivity contribution is -0.210. The highest BCUT2D eigenvalue weighted by atomic mass is 19.4. The molecule has 23 heavy (non-hydrogen) atoms. The van der Waals surface area contributed by atoms with Gasteiger partial charge >= 0.3 is 6.18 Å². The average molecular weight is 324 g/mol. The summed E-state index contributed by atoms with van der Waals surface area (Å²) in [5.41, 5.74) is 2.21. The first-order valence-corrected chi connectivity index (χ1v) is 7.25. The van der Waals surface area contributed by atoms with E-state index < -0.39 is 18.2 Å². The van der Waals surface area contributed by atoms with Gasteiger partial charge in [-0.1, -0.05) is 42.0 Å². The summed E-state index contributed by atoms with van der Waals surface area (Å²) in [4.78, 5) is 0. The largest absolute Gasteiger partial charge is 0.497 e. The van der Waals surface area contributed by atoms with Crippen molar-refractivity contribution in [1.29, 1.82) is 0 Å². The summed E-state index contributed by atoms with van der Waals surface area (Å²) in [5.74, 6) is -0.507. The summed E-state index contributed by atoms with van der Waals surface area (Å²) in [6.07, 6.45) is -6.99. The predicted molar refractivity (Wildman–Crippen MR) is 82.7 cm³/mol. The Balaban J connectivity index is 2.32. The van der Waals surface area contributed by atoms with Gasteiger partial charge in [-0.15, -0.1) is 0 Å². The fourth-order valence-electron chi connectivity index (χ4n) is 2.47. The zero-order valence-electron chi connectivity index (χ0n) is 13.0. The zero-order valence-corrected chi connectivity index (χ0v) is 13.0. The minimum Gasteiger partial charge on any atom is -0.497 e. The molecule has 2 aromatic carbocycles. The Labute approximate surface area is 133 Å². The summed E-state index contributed by atoms with van der Waals surface area (Å²) < 4.78 is 44.1. The molecule has 5 heteroatoms. The average Bonchev–Trinajstić information content (AvgIpc) is 2.53. The molecule has 0 aliphatic carbocycles. The van der Waals surface area contributed by atoms with Crippen LogP contribution in [0.5, 0.6) is 5.75 Å². The maximum atomic E-state index is 13.0. The van der Waals surface area contributed by atoms with E-state index in [0.717, 1.165) is 11.1 Å². The van der Waals surface area contributed by atoms with E-state index in [1.807, 2.05) is 19.1 Å². The summed E-state index contributed by atoms with van der Waals surface area (Å²) in [6.45, 7) is 1.91. The Morgan fingerprint density at radius 1 is 1.00 bits per heavy atom. The minimum atomic E-state index is -4.67. The molecule has 2 rings (SSSR count). The van der Waals surface area contributed by atoms with Gasteiger partial charge in [0.05, 0.1) is 7.11 Å². The molecule has 2 unspecified atom stereocenters. The van der Waals surface area contributed by atoms with Gasteiger partial charge < -0.3 is 9.84 Å². The Morgan fingerprint density at radius 3 is 2.04 bits per heavy atom. The van der Waals surface area contributed by atoms with Crippen LogP contribution >= 0.6 is 0 Å². The van der Waals surface area contributed by atoms with Crippen molar-refractivity contribution in [1.82, 2.24) is 0 Å². The SMILES string of the molecule is COc1ccc(C(Cc2ccc(C)cc2)C(O)C(F)(F)F)cc1. The van der Waals surface area contributed by atoms with Gasteiger partial charge in [0.1, 0.15) is 5.75 Å². The summed E-state index contributed by atoms with van der Waals surface area (Å²) in [5, 5.41) is 9.79. The molecular weight excluding hydrogens is 305 g/mol. The van der Waals surface area contributed by atoms with Gasteiger partial charge in [0, 0.05) is 5.92 Å². The topological polar surface area (TPSA) is 29.5 Å². The van der Waals surface area contributed by atoms with Gasteiger partial charge in [0.25, 0.3) is 0 Å². The molecule has 0 saturated heterocycles. The second-order valence-electron chi connectivity index (χ2n) is 5.56. The number of rotatable bonds is 5. The number of aliphatic hydroxyl groups excluding tert-OH is 1. The quantitative estimate of drug-likeness (QED) is 0.891. The van der Waals surface area contributed by atoms with Crippen LogP contribution in [0.25, 0.3) is 0 Å². The van der Waals surface area contributed by atoms with E-state index in [1.54, 1.807) is 36.4 Å². The Hall–Kier alpha value is -2.01. The van der Waals surface area contributed by atoms with Crippen molar-refractivity contribution in [3.8, 4) is 5.75 Å². The first-order chi connectivity index (χ1) is 10.8. The van der Waals surface area contributed by atoms with Crippen LogP contribution in [0, 0.1) is 6.92 Å². The van der Waals surface area contributed by atoms with Gasteiger partial charge in [-0.05, 0) is 36.6 Å². The van der Waals surface area contributed by atoms with Crippen LogP contribution < -0.4 is 4.74 Å². The molecule has 1 N–H and O–H groups in total. The molecule has 0 radical (unpaired) electrons. The molecule has 0 aliphatic heterocycles. The maximum absolute atomic E-state index is 13.0. The van der Waals surface area contributed by atoms with E-state index in [2.05, 4.69) is 0 Å². The van der Waals surface area contributed by atoms with Gasteiger partial charge in [-0.3, -0.25) is 0 Å².